The third kappa shape index (κ3) is 5.79. The van der Waals surface area contributed by atoms with Crippen molar-refractivity contribution in [3.63, 3.8) is 0 Å². The van der Waals surface area contributed by atoms with Gasteiger partial charge in [0, 0.05) is 23.7 Å². The maximum absolute atomic E-state index is 2.62. The van der Waals surface area contributed by atoms with Crippen LogP contribution in [0.1, 0.15) is 57.1 Å². The molecule has 0 heteroatoms. The molecule has 256 valence electrons. The van der Waals surface area contributed by atoms with Gasteiger partial charge in [-0.1, -0.05) is 178 Å². The standard InChI is InChI=1S/C52H48/c1-3-14-38-33-41(28-30-43(38)40-27-26-35-16-5-6-18-37(35)32-40)51-47-21-9-11-23-49(47)52(50-24-12-10-22-48(50)51)42-29-31-45(39(34-42)15-4-2)46-25-13-19-36-17-7-8-20-44(36)46/h5-13,16-28,30,32-34,36,44,47,49H,3-4,14-15,29,31H2,1-2H3. The van der Waals surface area contributed by atoms with Crippen LogP contribution in [-0.2, 0) is 6.42 Å². The smallest absolute Gasteiger partial charge is 0.0137 e. The van der Waals surface area contributed by atoms with E-state index < -0.39 is 0 Å². The molecule has 0 saturated carbocycles. The van der Waals surface area contributed by atoms with E-state index in [1.54, 1.807) is 11.1 Å². The van der Waals surface area contributed by atoms with E-state index in [9.17, 15) is 0 Å². The fourth-order valence-electron chi connectivity index (χ4n) is 9.73. The quantitative estimate of drug-likeness (QED) is 0.175. The van der Waals surface area contributed by atoms with Gasteiger partial charge in [-0.15, -0.1) is 0 Å². The summed E-state index contributed by atoms with van der Waals surface area (Å²) in [7, 11) is 0. The van der Waals surface area contributed by atoms with Crippen molar-refractivity contribution in [3.05, 3.63) is 202 Å². The molecule has 4 aromatic rings. The Kier molecular flexibility index (Phi) is 8.85. The molecule has 5 aliphatic rings. The molecular formula is C52H48. The number of rotatable bonds is 8. The Balaban J connectivity index is 1.20. The summed E-state index contributed by atoms with van der Waals surface area (Å²) < 4.78 is 0. The van der Waals surface area contributed by atoms with E-state index in [1.165, 1.54) is 65.8 Å². The summed E-state index contributed by atoms with van der Waals surface area (Å²) in [5.41, 5.74) is 14.7. The van der Waals surface area contributed by atoms with Gasteiger partial charge in [0.1, 0.15) is 0 Å². The summed E-state index contributed by atoms with van der Waals surface area (Å²) in [5, 5.41) is 5.41. The van der Waals surface area contributed by atoms with Crippen LogP contribution in [0.3, 0.4) is 0 Å². The average molecular weight is 673 g/mol. The molecule has 0 spiro atoms. The van der Waals surface area contributed by atoms with Crippen molar-refractivity contribution in [2.24, 2.45) is 23.7 Å². The number of fused-ring (bicyclic) bond motifs is 4. The Hall–Kier alpha value is -5.20. The lowest BCUT2D eigenvalue weighted by molar-refractivity contribution is 0.618. The normalized spacial score (nSPS) is 23.0. The van der Waals surface area contributed by atoms with Gasteiger partial charge >= 0.3 is 0 Å². The van der Waals surface area contributed by atoms with Gasteiger partial charge in [-0.3, -0.25) is 0 Å². The predicted octanol–water partition coefficient (Wildman–Crippen LogP) is 11.9. The van der Waals surface area contributed by atoms with Crippen LogP contribution >= 0.6 is 0 Å². The number of aryl methyl sites for hydroxylation is 1. The summed E-state index contributed by atoms with van der Waals surface area (Å²) in [6.07, 6.45) is 35.1. The molecule has 4 aromatic carbocycles. The molecule has 5 aliphatic carbocycles. The zero-order valence-electron chi connectivity index (χ0n) is 30.6. The van der Waals surface area contributed by atoms with Crippen molar-refractivity contribution in [2.75, 3.05) is 0 Å². The molecule has 0 heterocycles. The first-order valence-electron chi connectivity index (χ1n) is 19.7. The molecule has 0 radical (unpaired) electrons. The summed E-state index contributed by atoms with van der Waals surface area (Å²) in [6, 6.07) is 32.3. The fourth-order valence-corrected chi connectivity index (χ4v) is 9.73. The van der Waals surface area contributed by atoms with E-state index in [-0.39, 0.29) is 0 Å². The lowest BCUT2D eigenvalue weighted by Crippen LogP contribution is -2.40. The SMILES string of the molecule is CCCC1=C(C2=CC=CC3C=CC=CC23)CCC(C2=c3ccccc3=C(c3ccc(-c4ccc5ccccc5c4)c(CCC)c3)C3C=CC=CC23)=C1. The minimum absolute atomic E-state index is 0.294. The van der Waals surface area contributed by atoms with Crippen LogP contribution in [0.4, 0.5) is 0 Å². The van der Waals surface area contributed by atoms with E-state index in [2.05, 4.69) is 172 Å². The van der Waals surface area contributed by atoms with Gasteiger partial charge in [0.15, 0.2) is 0 Å². The molecule has 0 bridgehead atoms. The summed E-state index contributed by atoms with van der Waals surface area (Å²) >= 11 is 0. The molecule has 0 fully saturated rings. The summed E-state index contributed by atoms with van der Waals surface area (Å²) in [6.45, 7) is 4.64. The van der Waals surface area contributed by atoms with E-state index >= 15 is 0 Å². The first-order chi connectivity index (χ1) is 25.7. The van der Waals surface area contributed by atoms with Gasteiger partial charge < -0.3 is 0 Å². The van der Waals surface area contributed by atoms with Gasteiger partial charge in [0.25, 0.3) is 0 Å². The van der Waals surface area contributed by atoms with Gasteiger partial charge in [-0.2, -0.15) is 0 Å². The zero-order valence-corrected chi connectivity index (χ0v) is 30.6. The van der Waals surface area contributed by atoms with Crippen molar-refractivity contribution in [3.8, 4) is 11.1 Å². The van der Waals surface area contributed by atoms with Gasteiger partial charge in [-0.05, 0) is 109 Å². The second kappa shape index (κ2) is 14.1. The molecule has 0 nitrogen and oxygen atoms in total. The molecular weight excluding hydrogens is 625 g/mol. The largest absolute Gasteiger partial charge is 0.0767 e. The van der Waals surface area contributed by atoms with Crippen molar-refractivity contribution >= 4 is 21.9 Å². The minimum Gasteiger partial charge on any atom is -0.0767 e. The van der Waals surface area contributed by atoms with E-state index in [0.717, 1.165) is 38.5 Å². The van der Waals surface area contributed by atoms with Crippen LogP contribution in [0.5, 0.6) is 0 Å². The molecule has 4 atom stereocenters. The van der Waals surface area contributed by atoms with Gasteiger partial charge in [0.05, 0.1) is 0 Å². The van der Waals surface area contributed by atoms with Crippen LogP contribution in [0.2, 0.25) is 0 Å². The van der Waals surface area contributed by atoms with E-state index in [4.69, 9.17) is 0 Å². The molecule has 0 aromatic heterocycles. The molecule has 9 rings (SSSR count). The maximum atomic E-state index is 2.62. The fraction of sp³-hybridized carbons (Fsp3) is 0.231. The summed E-state index contributed by atoms with van der Waals surface area (Å²) in [4.78, 5) is 0. The Bertz CT molecular complexity index is 2440. The van der Waals surface area contributed by atoms with Crippen LogP contribution in [0.15, 0.2) is 180 Å². The minimum atomic E-state index is 0.294. The van der Waals surface area contributed by atoms with Crippen molar-refractivity contribution in [1.29, 1.82) is 0 Å². The summed E-state index contributed by atoms with van der Waals surface area (Å²) in [5.74, 6) is 1.53. The van der Waals surface area contributed by atoms with E-state index in [1.807, 2.05) is 0 Å². The Labute approximate surface area is 309 Å². The third-order valence-electron chi connectivity index (χ3n) is 12.0. The van der Waals surface area contributed by atoms with Crippen LogP contribution in [0, 0.1) is 23.7 Å². The highest BCUT2D eigenvalue weighted by Crippen LogP contribution is 2.46. The molecule has 0 N–H and O–H groups in total. The van der Waals surface area contributed by atoms with Crippen LogP contribution in [-0.4, -0.2) is 0 Å². The third-order valence-corrected chi connectivity index (χ3v) is 12.0. The average Bonchev–Trinajstić information content (AvgIpc) is 3.20. The first kappa shape index (κ1) is 32.7. The Morgan fingerprint density at radius 2 is 1.23 bits per heavy atom. The lowest BCUT2D eigenvalue weighted by Gasteiger charge is -2.36. The van der Waals surface area contributed by atoms with Crippen molar-refractivity contribution in [2.45, 2.75) is 52.4 Å². The van der Waals surface area contributed by atoms with Crippen molar-refractivity contribution < 1.29 is 0 Å². The van der Waals surface area contributed by atoms with Gasteiger partial charge in [-0.25, -0.2) is 0 Å². The monoisotopic (exact) mass is 672 g/mol. The number of hydrogen-bond acceptors (Lipinski definition) is 0. The lowest BCUT2D eigenvalue weighted by atomic mass is 9.67. The number of hydrogen-bond donors (Lipinski definition) is 0. The highest BCUT2D eigenvalue weighted by molar-refractivity contribution is 5.89. The molecule has 0 amide bonds. The first-order valence-corrected chi connectivity index (χ1v) is 19.7. The zero-order chi connectivity index (χ0) is 35.0. The topological polar surface area (TPSA) is 0 Å². The molecule has 0 saturated heterocycles. The molecule has 4 unspecified atom stereocenters. The second-order valence-electron chi connectivity index (χ2n) is 15.2. The van der Waals surface area contributed by atoms with E-state index in [0.29, 0.717) is 23.7 Å². The second-order valence-corrected chi connectivity index (χ2v) is 15.2. The highest BCUT2D eigenvalue weighted by atomic mass is 14.4. The molecule has 0 aliphatic heterocycles. The molecule has 52 heavy (non-hydrogen) atoms. The highest BCUT2D eigenvalue weighted by Gasteiger charge is 2.34. The maximum Gasteiger partial charge on any atom is 0.0137 e. The number of allylic oxidation sites excluding steroid dienone is 16. The van der Waals surface area contributed by atoms with Crippen LogP contribution in [0.25, 0.3) is 33.0 Å². The Morgan fingerprint density at radius 3 is 2.04 bits per heavy atom. The Morgan fingerprint density at radius 1 is 0.558 bits per heavy atom. The van der Waals surface area contributed by atoms with Crippen molar-refractivity contribution in [1.82, 2.24) is 0 Å². The predicted molar refractivity (Wildman–Crippen MR) is 222 cm³/mol. The number of benzene rings is 4. The van der Waals surface area contributed by atoms with Gasteiger partial charge in [0.2, 0.25) is 0 Å². The van der Waals surface area contributed by atoms with Crippen LogP contribution < -0.4 is 10.4 Å².